The summed E-state index contributed by atoms with van der Waals surface area (Å²) in [6.45, 7) is 0. The first-order chi connectivity index (χ1) is 14.3. The molecule has 0 saturated heterocycles. The molecule has 8 nitrogen and oxygen atoms in total. The minimum absolute atomic E-state index is 0.0560. The first-order valence-electron chi connectivity index (χ1n) is 8.29. The zero-order chi connectivity index (χ0) is 21.7. The summed E-state index contributed by atoms with van der Waals surface area (Å²) >= 11 is 14.8. The highest BCUT2D eigenvalue weighted by atomic mass is 79.9. The Labute approximate surface area is 192 Å². The SMILES string of the molecule is COc1cc(NS(=O)(=O)c2ccc(NC(=S)Nc3ccc(Br)cc3Cl)cc2)ncn1. The Hall–Kier alpha value is -2.47. The molecule has 1 heterocycles. The second kappa shape index (κ2) is 9.56. The first-order valence-corrected chi connectivity index (χ1v) is 11.3. The van der Waals surface area contributed by atoms with Crippen LogP contribution in [0.4, 0.5) is 17.2 Å². The number of ether oxygens (including phenoxy) is 1. The van der Waals surface area contributed by atoms with Crippen LogP contribution < -0.4 is 20.1 Å². The van der Waals surface area contributed by atoms with Gasteiger partial charge in [-0.05, 0) is 54.7 Å². The zero-order valence-electron chi connectivity index (χ0n) is 15.4. The number of halogens is 2. The summed E-state index contributed by atoms with van der Waals surface area (Å²) in [5.41, 5.74) is 1.24. The van der Waals surface area contributed by atoms with E-state index in [4.69, 9.17) is 28.6 Å². The van der Waals surface area contributed by atoms with E-state index in [9.17, 15) is 8.42 Å². The maximum atomic E-state index is 12.6. The van der Waals surface area contributed by atoms with Gasteiger partial charge in [0.15, 0.2) is 5.11 Å². The lowest BCUT2D eigenvalue weighted by Gasteiger charge is -2.13. The molecule has 12 heteroatoms. The topological polar surface area (TPSA) is 105 Å². The molecule has 30 heavy (non-hydrogen) atoms. The molecule has 0 fully saturated rings. The Morgan fingerprint density at radius 1 is 1.10 bits per heavy atom. The van der Waals surface area contributed by atoms with Crippen molar-refractivity contribution in [2.24, 2.45) is 0 Å². The normalized spacial score (nSPS) is 10.9. The predicted octanol–water partition coefficient (Wildman–Crippen LogP) is 4.51. The van der Waals surface area contributed by atoms with E-state index >= 15 is 0 Å². The summed E-state index contributed by atoms with van der Waals surface area (Å²) in [4.78, 5) is 7.76. The predicted molar refractivity (Wildman–Crippen MR) is 125 cm³/mol. The maximum absolute atomic E-state index is 12.6. The second-order valence-electron chi connectivity index (χ2n) is 5.78. The smallest absolute Gasteiger partial charge is 0.263 e. The zero-order valence-corrected chi connectivity index (χ0v) is 19.4. The number of hydrogen-bond donors (Lipinski definition) is 3. The van der Waals surface area contributed by atoms with Crippen molar-refractivity contribution in [1.82, 2.24) is 9.97 Å². The van der Waals surface area contributed by atoms with Gasteiger partial charge in [0.05, 0.1) is 22.7 Å². The second-order valence-corrected chi connectivity index (χ2v) is 9.19. The third kappa shape index (κ3) is 5.79. The van der Waals surface area contributed by atoms with Gasteiger partial charge < -0.3 is 15.4 Å². The van der Waals surface area contributed by atoms with Crippen LogP contribution >= 0.6 is 39.7 Å². The van der Waals surface area contributed by atoms with Crippen LogP contribution in [0.5, 0.6) is 5.88 Å². The summed E-state index contributed by atoms with van der Waals surface area (Å²) in [7, 11) is -2.41. The van der Waals surface area contributed by atoms with Gasteiger partial charge in [0, 0.05) is 16.2 Å². The molecule has 3 N–H and O–H groups in total. The van der Waals surface area contributed by atoms with Crippen LogP contribution in [-0.2, 0) is 10.0 Å². The van der Waals surface area contributed by atoms with E-state index in [0.29, 0.717) is 21.5 Å². The van der Waals surface area contributed by atoms with Gasteiger partial charge in [0.25, 0.3) is 10.0 Å². The lowest BCUT2D eigenvalue weighted by atomic mass is 10.3. The van der Waals surface area contributed by atoms with Crippen LogP contribution in [0.2, 0.25) is 5.02 Å². The fourth-order valence-corrected chi connectivity index (χ4v) is 4.24. The fraction of sp³-hybridized carbons (Fsp3) is 0.0556. The molecule has 0 amide bonds. The van der Waals surface area contributed by atoms with Gasteiger partial charge in [-0.2, -0.15) is 0 Å². The van der Waals surface area contributed by atoms with E-state index in [2.05, 4.69) is 41.3 Å². The molecule has 3 rings (SSSR count). The molecule has 0 aliphatic heterocycles. The van der Waals surface area contributed by atoms with Gasteiger partial charge in [0.1, 0.15) is 12.1 Å². The molecule has 2 aromatic carbocycles. The highest BCUT2D eigenvalue weighted by Gasteiger charge is 2.15. The van der Waals surface area contributed by atoms with E-state index in [1.54, 1.807) is 24.3 Å². The lowest BCUT2D eigenvalue weighted by Crippen LogP contribution is -2.19. The van der Waals surface area contributed by atoms with Crippen molar-refractivity contribution in [3.63, 3.8) is 0 Å². The Morgan fingerprint density at radius 3 is 2.50 bits per heavy atom. The number of nitrogens with zero attached hydrogens (tertiary/aromatic N) is 2. The molecule has 0 saturated carbocycles. The fourth-order valence-electron chi connectivity index (χ4n) is 2.30. The largest absolute Gasteiger partial charge is 0.481 e. The summed E-state index contributed by atoms with van der Waals surface area (Å²) < 4.78 is 33.3. The molecule has 0 atom stereocenters. The number of sulfonamides is 1. The van der Waals surface area contributed by atoms with Crippen LogP contribution in [0.3, 0.4) is 0 Å². The minimum Gasteiger partial charge on any atom is -0.481 e. The Bertz CT molecular complexity index is 1180. The van der Waals surface area contributed by atoms with Crippen molar-refractivity contribution in [2.45, 2.75) is 4.90 Å². The molecule has 3 aromatic rings. The van der Waals surface area contributed by atoms with Crippen LogP contribution in [0.1, 0.15) is 0 Å². The molecule has 0 aliphatic rings. The third-order valence-electron chi connectivity index (χ3n) is 3.69. The van der Waals surface area contributed by atoms with Gasteiger partial charge in [0.2, 0.25) is 5.88 Å². The number of hydrogen-bond acceptors (Lipinski definition) is 6. The number of thiocarbonyl (C=S) groups is 1. The maximum Gasteiger partial charge on any atom is 0.263 e. The van der Waals surface area contributed by atoms with Crippen molar-refractivity contribution < 1.29 is 13.2 Å². The molecule has 0 spiro atoms. The number of methoxy groups -OCH3 is 1. The van der Waals surface area contributed by atoms with Gasteiger partial charge >= 0.3 is 0 Å². The molecular weight excluding hydrogens is 514 g/mol. The quantitative estimate of drug-likeness (QED) is 0.401. The van der Waals surface area contributed by atoms with Gasteiger partial charge in [-0.15, -0.1) is 0 Å². The number of aromatic nitrogens is 2. The van der Waals surface area contributed by atoms with Crippen molar-refractivity contribution in [1.29, 1.82) is 0 Å². The number of benzene rings is 2. The highest BCUT2D eigenvalue weighted by molar-refractivity contribution is 9.10. The Kier molecular flexibility index (Phi) is 7.08. The van der Waals surface area contributed by atoms with Crippen LogP contribution in [0.15, 0.2) is 64.2 Å². The lowest BCUT2D eigenvalue weighted by molar-refractivity contribution is 0.397. The number of anilines is 3. The third-order valence-corrected chi connectivity index (χ3v) is 6.07. The summed E-state index contributed by atoms with van der Waals surface area (Å²) in [5, 5.41) is 6.77. The van der Waals surface area contributed by atoms with E-state index < -0.39 is 10.0 Å². The molecule has 0 bridgehead atoms. The molecule has 0 aliphatic carbocycles. The van der Waals surface area contributed by atoms with Crippen LogP contribution in [0, 0.1) is 0 Å². The van der Waals surface area contributed by atoms with Gasteiger partial charge in [-0.3, -0.25) is 4.72 Å². The average Bonchev–Trinajstić information content (AvgIpc) is 2.70. The van der Waals surface area contributed by atoms with E-state index in [0.717, 1.165) is 4.47 Å². The summed E-state index contributed by atoms with van der Waals surface area (Å²) in [6.07, 6.45) is 1.20. The first kappa shape index (κ1) is 22.2. The Balaban J connectivity index is 1.66. The van der Waals surface area contributed by atoms with E-state index in [1.807, 2.05) is 6.07 Å². The van der Waals surface area contributed by atoms with E-state index in [-0.39, 0.29) is 16.6 Å². The van der Waals surface area contributed by atoms with Gasteiger partial charge in [-0.25, -0.2) is 18.4 Å². The van der Waals surface area contributed by atoms with Crippen molar-refractivity contribution in [3.8, 4) is 5.88 Å². The summed E-state index contributed by atoms with van der Waals surface area (Å²) in [5.74, 6) is 0.343. The molecule has 0 unspecified atom stereocenters. The van der Waals surface area contributed by atoms with Crippen LogP contribution in [-0.4, -0.2) is 30.6 Å². The molecule has 0 radical (unpaired) electrons. The Morgan fingerprint density at radius 2 is 1.83 bits per heavy atom. The highest BCUT2D eigenvalue weighted by Crippen LogP contribution is 2.26. The monoisotopic (exact) mass is 527 g/mol. The van der Waals surface area contributed by atoms with Crippen LogP contribution in [0.25, 0.3) is 0 Å². The standard InChI is InChI=1S/C18H15BrClN5O3S2/c1-28-17-9-16(21-10-22-17)25-30(26,27)13-5-3-12(4-6-13)23-18(29)24-15-7-2-11(19)8-14(15)20/h2-10H,1H3,(H,21,22,25)(H2,23,24,29). The van der Waals surface area contributed by atoms with Gasteiger partial charge in [-0.1, -0.05) is 27.5 Å². The minimum atomic E-state index is -3.84. The van der Waals surface area contributed by atoms with E-state index in [1.165, 1.54) is 31.6 Å². The summed E-state index contributed by atoms with van der Waals surface area (Å²) in [6, 6.07) is 12.8. The van der Waals surface area contributed by atoms with Crippen molar-refractivity contribution in [2.75, 3.05) is 22.5 Å². The van der Waals surface area contributed by atoms with Crippen molar-refractivity contribution in [3.05, 3.63) is 64.4 Å². The number of nitrogens with one attached hydrogen (secondary N) is 3. The van der Waals surface area contributed by atoms with Crippen molar-refractivity contribution >= 4 is 72.1 Å². The molecule has 156 valence electrons. The molecular formula is C18H15BrClN5O3S2. The number of rotatable bonds is 6. The average molecular weight is 529 g/mol. The molecule has 1 aromatic heterocycles.